The maximum absolute atomic E-state index is 6.35. The van der Waals surface area contributed by atoms with Gasteiger partial charge in [-0.3, -0.25) is 0 Å². The normalized spacial score (nSPS) is 10.1. The minimum atomic E-state index is -2.14. The summed E-state index contributed by atoms with van der Waals surface area (Å²) in [7, 11) is 12.7. The molecule has 0 unspecified atom stereocenters. The molecule has 2 rings (SSSR count). The van der Waals surface area contributed by atoms with Crippen molar-refractivity contribution in [3.63, 3.8) is 0 Å². The van der Waals surface area contributed by atoms with Crippen LogP contribution >= 0.6 is 17.0 Å². The summed E-state index contributed by atoms with van der Waals surface area (Å²) in [6, 6.07) is 23.3. The van der Waals surface area contributed by atoms with Gasteiger partial charge in [0, 0.05) is 0 Å². The van der Waals surface area contributed by atoms with E-state index in [9.17, 15) is 0 Å². The molecule has 2 aromatic carbocycles. The Hall–Kier alpha value is 0.120. The Morgan fingerprint density at radius 2 is 1.11 bits per heavy atom. The van der Waals surface area contributed by atoms with Crippen LogP contribution in [0.4, 0.5) is 0 Å². The molecule has 0 aliphatic rings. The summed E-state index contributed by atoms with van der Waals surface area (Å²) in [6.07, 6.45) is 0. The van der Waals surface area contributed by atoms with Crippen LogP contribution in [0.3, 0.4) is 0 Å². The Bertz CT molecular complexity index is 479. The van der Waals surface area contributed by atoms with Crippen molar-refractivity contribution < 1.29 is 18.0 Å². The van der Waals surface area contributed by atoms with Gasteiger partial charge in [0.25, 0.3) is 0 Å². The van der Waals surface area contributed by atoms with Crippen molar-refractivity contribution >= 4 is 22.5 Å². The number of rotatable bonds is 4. The molecule has 0 spiro atoms. The summed E-state index contributed by atoms with van der Waals surface area (Å²) in [6.45, 7) is 0. The molecule has 4 heteroatoms. The first-order valence-electron chi connectivity index (χ1n) is 5.86. The Balaban J connectivity index is 2.14. The van der Waals surface area contributed by atoms with Crippen molar-refractivity contribution in [2.24, 2.45) is 0 Å². The molecule has 0 N–H and O–H groups in total. The summed E-state index contributed by atoms with van der Waals surface area (Å²) in [5.74, 6) is 0. The number of halogens is 2. The molecule has 0 fully saturated rings. The van der Waals surface area contributed by atoms with E-state index >= 15 is 0 Å². The molecule has 92 valence electrons. The molecule has 0 aliphatic carbocycles. The molecule has 0 radical (unpaired) electrons. The van der Waals surface area contributed by atoms with Crippen LogP contribution in [0.1, 0.15) is 11.1 Å². The van der Waals surface area contributed by atoms with Crippen molar-refractivity contribution in [1.82, 2.24) is 0 Å². The van der Waals surface area contributed by atoms with Crippen molar-refractivity contribution in [2.45, 2.75) is 12.1 Å². The van der Waals surface area contributed by atoms with E-state index in [4.69, 9.17) is 17.0 Å². The van der Waals surface area contributed by atoms with Gasteiger partial charge in [-0.1, -0.05) is 0 Å². The monoisotopic (exact) mass is 370 g/mol. The van der Waals surface area contributed by atoms with Gasteiger partial charge in [0.1, 0.15) is 0 Å². The average Bonchev–Trinajstić information content (AvgIpc) is 2.40. The zero-order valence-corrected chi connectivity index (χ0v) is 14.9. The van der Waals surface area contributed by atoms with Crippen LogP contribution in [-0.2, 0) is 30.1 Å². The van der Waals surface area contributed by atoms with Crippen LogP contribution < -0.4 is 0 Å². The average molecular weight is 372 g/mol. The zero-order valence-electron chi connectivity index (χ0n) is 9.94. The topological polar surface area (TPSA) is 0 Å². The van der Waals surface area contributed by atoms with Gasteiger partial charge in [-0.2, -0.15) is 0 Å². The molecule has 0 saturated heterocycles. The predicted molar refractivity (Wildman–Crippen MR) is 77.8 cm³/mol. The van der Waals surface area contributed by atoms with E-state index in [1.807, 2.05) is 12.1 Å². The second-order valence-corrected chi connectivity index (χ2v) is 24.9. The van der Waals surface area contributed by atoms with E-state index in [0.29, 0.717) is 0 Å². The first-order valence-corrected chi connectivity index (χ1v) is 17.8. The van der Waals surface area contributed by atoms with Gasteiger partial charge in [-0.25, -0.2) is 0 Å². The standard InChI is InChI=1S/C14H14Si.2ClH.Zr/c1-3-7-13(8-4-1)11-15-12-14-9-5-2-6-10-14;;;/h1-10H,11-12H2;2*1H;/q;;;+2/p-2. The van der Waals surface area contributed by atoms with Crippen molar-refractivity contribution in [1.29, 1.82) is 0 Å². The van der Waals surface area contributed by atoms with Gasteiger partial charge in [-0.15, -0.1) is 0 Å². The van der Waals surface area contributed by atoms with Gasteiger partial charge in [0.2, 0.25) is 0 Å². The van der Waals surface area contributed by atoms with Gasteiger partial charge in [0.15, 0.2) is 0 Å². The second-order valence-electron chi connectivity index (χ2n) is 4.19. The fourth-order valence-corrected chi connectivity index (χ4v) is 13.5. The van der Waals surface area contributed by atoms with E-state index < -0.39 is 23.4 Å². The summed E-state index contributed by atoms with van der Waals surface area (Å²) in [5.41, 5.74) is 2.11. The first-order chi connectivity index (χ1) is 8.75. The van der Waals surface area contributed by atoms with Crippen LogP contribution in [0, 0.1) is 0 Å². The van der Waals surface area contributed by atoms with Crippen molar-refractivity contribution in [2.75, 3.05) is 0 Å². The Morgan fingerprint density at radius 3 is 1.44 bits per heavy atom. The summed E-state index contributed by atoms with van der Waals surface area (Å²) < 4.78 is 0. The first kappa shape index (κ1) is 14.5. The molecule has 18 heavy (non-hydrogen) atoms. The molecule has 0 bridgehead atoms. The fourth-order valence-electron chi connectivity index (χ4n) is 1.88. The molecular formula is C14H14Cl2SiZr. The Kier molecular flexibility index (Phi) is 6.17. The summed E-state index contributed by atoms with van der Waals surface area (Å²) in [4.78, 5) is 0. The molecule has 0 heterocycles. The maximum atomic E-state index is 6.35. The summed E-state index contributed by atoms with van der Waals surface area (Å²) >= 11 is -2.14. The van der Waals surface area contributed by atoms with Crippen LogP contribution in [0.5, 0.6) is 0 Å². The summed E-state index contributed by atoms with van der Waals surface area (Å²) in [5, 5.41) is 0. The number of hydrogen-bond acceptors (Lipinski definition) is 0. The van der Waals surface area contributed by atoms with E-state index in [1.165, 1.54) is 11.1 Å². The van der Waals surface area contributed by atoms with Crippen LogP contribution in [0.15, 0.2) is 60.7 Å². The molecule has 0 nitrogen and oxygen atoms in total. The van der Waals surface area contributed by atoms with Gasteiger partial charge >= 0.3 is 124 Å². The third kappa shape index (κ3) is 4.66. The van der Waals surface area contributed by atoms with E-state index in [1.54, 1.807) is 0 Å². The third-order valence-electron chi connectivity index (χ3n) is 2.79. The molecule has 2 aromatic rings. The molecule has 0 atom stereocenters. The fraction of sp³-hybridized carbons (Fsp3) is 0.143. The molecular weight excluding hydrogens is 358 g/mol. The Labute approximate surface area is 123 Å². The van der Waals surface area contributed by atoms with Crippen molar-refractivity contribution in [3.05, 3.63) is 71.8 Å². The van der Waals surface area contributed by atoms with E-state index in [2.05, 4.69) is 48.5 Å². The molecule has 0 saturated carbocycles. The van der Waals surface area contributed by atoms with Gasteiger partial charge in [0.05, 0.1) is 0 Å². The SMILES string of the molecule is [Cl][Zr]([Cl])=[Si](Cc1ccccc1)Cc1ccccc1. The number of hydrogen-bond donors (Lipinski definition) is 0. The number of benzene rings is 2. The quantitative estimate of drug-likeness (QED) is 0.695. The predicted octanol–water partition coefficient (Wildman–Crippen LogP) is 4.47. The van der Waals surface area contributed by atoms with Gasteiger partial charge in [-0.05, 0) is 0 Å². The molecule has 0 aromatic heterocycles. The van der Waals surface area contributed by atoms with Gasteiger partial charge < -0.3 is 0 Å². The van der Waals surface area contributed by atoms with Crippen LogP contribution in [0.2, 0.25) is 0 Å². The second kappa shape index (κ2) is 7.65. The van der Waals surface area contributed by atoms with Crippen LogP contribution in [0.25, 0.3) is 0 Å². The Morgan fingerprint density at radius 1 is 0.722 bits per heavy atom. The zero-order chi connectivity index (χ0) is 12.8. The molecule has 0 aliphatic heterocycles. The third-order valence-corrected chi connectivity index (χ3v) is 21.0. The van der Waals surface area contributed by atoms with Crippen molar-refractivity contribution in [3.8, 4) is 0 Å². The van der Waals surface area contributed by atoms with E-state index in [0.717, 1.165) is 12.1 Å². The van der Waals surface area contributed by atoms with E-state index in [-0.39, 0.29) is 0 Å². The minimum absolute atomic E-state index is 0.639. The van der Waals surface area contributed by atoms with Crippen LogP contribution in [-0.4, -0.2) is 5.43 Å². The molecule has 0 amide bonds.